The third-order valence-electron chi connectivity index (χ3n) is 3.50. The van der Waals surface area contributed by atoms with E-state index in [1.807, 2.05) is 0 Å². The normalized spacial score (nSPS) is 25.3. The molecule has 0 radical (unpaired) electrons. The molecule has 0 aromatic heterocycles. The quantitative estimate of drug-likeness (QED) is 0.724. The van der Waals surface area contributed by atoms with E-state index in [2.05, 4.69) is 0 Å². The van der Waals surface area contributed by atoms with E-state index in [9.17, 15) is 33.3 Å². The number of amides is 1. The lowest BCUT2D eigenvalue weighted by Gasteiger charge is -2.36. The highest BCUT2D eigenvalue weighted by Gasteiger charge is 2.35. The molecule has 6 nitrogen and oxygen atoms in total. The fourth-order valence-corrected chi connectivity index (χ4v) is 2.18. The van der Waals surface area contributed by atoms with Crippen molar-refractivity contribution in [3.8, 4) is 5.75 Å². The zero-order chi connectivity index (χ0) is 17.2. The Morgan fingerprint density at radius 3 is 2.13 bits per heavy atom. The molecule has 1 aromatic rings. The summed E-state index contributed by atoms with van der Waals surface area (Å²) in [4.78, 5) is 13.0. The van der Waals surface area contributed by atoms with Crippen molar-refractivity contribution in [3.05, 3.63) is 29.8 Å². The average Bonchev–Trinajstić information content (AvgIpc) is 2.49. The summed E-state index contributed by atoms with van der Waals surface area (Å²) in [6.07, 6.45) is -8.31. The van der Waals surface area contributed by atoms with Gasteiger partial charge in [-0.15, -0.1) is 0 Å². The molecule has 0 bridgehead atoms. The topological polar surface area (TPSA) is 90.2 Å². The summed E-state index contributed by atoms with van der Waals surface area (Å²) < 4.78 is 42.3. The molecule has 0 aliphatic carbocycles. The van der Waals surface area contributed by atoms with Crippen molar-refractivity contribution in [2.75, 3.05) is 19.7 Å². The van der Waals surface area contributed by atoms with Crippen LogP contribution in [0.5, 0.6) is 5.75 Å². The Bertz CT molecular complexity index is 536. The molecule has 1 fully saturated rings. The molecule has 1 heterocycles. The molecule has 23 heavy (non-hydrogen) atoms. The first-order chi connectivity index (χ1) is 10.7. The fraction of sp³-hybridized carbons (Fsp3) is 0.500. The molecule has 3 atom stereocenters. The van der Waals surface area contributed by atoms with Crippen LogP contribution in [-0.4, -0.2) is 64.1 Å². The molecule has 9 heteroatoms. The van der Waals surface area contributed by atoms with Crippen molar-refractivity contribution < 1.29 is 38.0 Å². The first kappa shape index (κ1) is 17.5. The largest absolute Gasteiger partial charge is 0.484 e. The fourth-order valence-electron chi connectivity index (χ4n) is 2.18. The van der Waals surface area contributed by atoms with Crippen molar-refractivity contribution in [2.45, 2.75) is 24.5 Å². The van der Waals surface area contributed by atoms with E-state index in [1.54, 1.807) is 0 Å². The highest BCUT2D eigenvalue weighted by atomic mass is 19.4. The number of aliphatic hydroxyl groups is 3. The molecular formula is C14H16F3NO5. The standard InChI is InChI=1S/C14H16F3NO5/c15-14(16,17)8-1-3-9(4-2-8)23-7-12(21)18-5-10(19)13(22)11(20)6-18/h1-4,10-11,13,19-20,22H,5-7H2/t10-,11+,13?. The smallest absolute Gasteiger partial charge is 0.416 e. The summed E-state index contributed by atoms with van der Waals surface area (Å²) >= 11 is 0. The number of hydrogen-bond acceptors (Lipinski definition) is 5. The summed E-state index contributed by atoms with van der Waals surface area (Å²) in [5.74, 6) is -0.473. The molecule has 0 saturated carbocycles. The van der Waals surface area contributed by atoms with Gasteiger partial charge in [0.1, 0.15) is 24.1 Å². The number of aliphatic hydroxyl groups excluding tert-OH is 3. The van der Waals surface area contributed by atoms with E-state index in [1.165, 1.54) is 0 Å². The Labute approximate surface area is 129 Å². The number of halogens is 3. The Kier molecular flexibility index (Phi) is 5.12. The first-order valence-corrected chi connectivity index (χ1v) is 6.80. The van der Waals surface area contributed by atoms with Gasteiger partial charge in [0.2, 0.25) is 0 Å². The van der Waals surface area contributed by atoms with Crippen LogP contribution >= 0.6 is 0 Å². The minimum absolute atomic E-state index is 0.0875. The lowest BCUT2D eigenvalue weighted by molar-refractivity contribution is -0.150. The van der Waals surface area contributed by atoms with E-state index in [4.69, 9.17) is 4.74 Å². The van der Waals surface area contributed by atoms with Gasteiger partial charge in [0.05, 0.1) is 5.56 Å². The molecule has 3 N–H and O–H groups in total. The second-order valence-electron chi connectivity index (χ2n) is 5.23. The molecule has 2 rings (SSSR count). The second kappa shape index (κ2) is 6.73. The van der Waals surface area contributed by atoms with Crippen LogP contribution < -0.4 is 4.74 Å². The highest BCUT2D eigenvalue weighted by Crippen LogP contribution is 2.30. The van der Waals surface area contributed by atoms with Crippen LogP contribution in [0.25, 0.3) is 0 Å². The molecule has 128 valence electrons. The molecule has 1 aromatic carbocycles. The number of ether oxygens (including phenoxy) is 1. The van der Waals surface area contributed by atoms with Gasteiger partial charge in [0.25, 0.3) is 5.91 Å². The molecule has 1 aliphatic heterocycles. The number of benzene rings is 1. The van der Waals surface area contributed by atoms with Crippen LogP contribution in [0.2, 0.25) is 0 Å². The van der Waals surface area contributed by atoms with Gasteiger partial charge < -0.3 is 25.0 Å². The molecule has 1 aliphatic rings. The highest BCUT2D eigenvalue weighted by molar-refractivity contribution is 5.78. The molecule has 1 unspecified atom stereocenters. The zero-order valence-electron chi connectivity index (χ0n) is 11.9. The first-order valence-electron chi connectivity index (χ1n) is 6.80. The number of hydrogen-bond donors (Lipinski definition) is 3. The van der Waals surface area contributed by atoms with E-state index in [0.717, 1.165) is 29.2 Å². The lowest BCUT2D eigenvalue weighted by atomic mass is 10.0. The van der Waals surface area contributed by atoms with Gasteiger partial charge in [-0.1, -0.05) is 0 Å². The summed E-state index contributed by atoms with van der Waals surface area (Å²) in [6.45, 7) is -0.776. The predicted molar refractivity (Wildman–Crippen MR) is 71.5 cm³/mol. The van der Waals surface area contributed by atoms with Crippen LogP contribution in [-0.2, 0) is 11.0 Å². The van der Waals surface area contributed by atoms with E-state index in [0.29, 0.717) is 0 Å². The second-order valence-corrected chi connectivity index (χ2v) is 5.23. The lowest BCUT2D eigenvalue weighted by Crippen LogP contribution is -2.57. The Balaban J connectivity index is 1.89. The zero-order valence-corrected chi connectivity index (χ0v) is 11.9. The number of rotatable bonds is 3. The van der Waals surface area contributed by atoms with E-state index in [-0.39, 0.29) is 18.8 Å². The van der Waals surface area contributed by atoms with Crippen LogP contribution in [0, 0.1) is 0 Å². The maximum absolute atomic E-state index is 12.4. The monoisotopic (exact) mass is 335 g/mol. The maximum atomic E-state index is 12.4. The molecule has 0 spiro atoms. The van der Waals surface area contributed by atoms with Crippen LogP contribution in [0.1, 0.15) is 5.56 Å². The third kappa shape index (κ3) is 4.34. The Hall–Kier alpha value is -1.84. The number of carbonyl (C=O) groups excluding carboxylic acids is 1. The van der Waals surface area contributed by atoms with Crippen molar-refractivity contribution in [1.82, 2.24) is 4.90 Å². The maximum Gasteiger partial charge on any atom is 0.416 e. The summed E-state index contributed by atoms with van der Waals surface area (Å²) in [5, 5.41) is 28.4. The summed E-state index contributed by atoms with van der Waals surface area (Å²) in [7, 11) is 0. The number of carbonyl (C=O) groups is 1. The van der Waals surface area contributed by atoms with E-state index >= 15 is 0 Å². The van der Waals surface area contributed by atoms with Crippen LogP contribution in [0.4, 0.5) is 13.2 Å². The van der Waals surface area contributed by atoms with Crippen molar-refractivity contribution in [1.29, 1.82) is 0 Å². The van der Waals surface area contributed by atoms with Gasteiger partial charge in [-0.2, -0.15) is 13.2 Å². The Morgan fingerprint density at radius 2 is 1.65 bits per heavy atom. The molecule has 1 saturated heterocycles. The number of nitrogens with zero attached hydrogens (tertiary/aromatic N) is 1. The number of β-amino-alcohol motifs (C(OH)–C–C–N with tert-alkyl or cyclic N) is 2. The average molecular weight is 335 g/mol. The minimum atomic E-state index is -4.45. The molecule has 1 amide bonds. The molecular weight excluding hydrogens is 319 g/mol. The van der Waals surface area contributed by atoms with Crippen molar-refractivity contribution in [3.63, 3.8) is 0 Å². The van der Waals surface area contributed by atoms with Crippen molar-refractivity contribution in [2.24, 2.45) is 0 Å². The SMILES string of the molecule is O=C(COc1ccc(C(F)(F)F)cc1)N1C[C@@H](O)C(O)[C@@H](O)C1. The van der Waals surface area contributed by atoms with Gasteiger partial charge in [0, 0.05) is 13.1 Å². The van der Waals surface area contributed by atoms with E-state index < -0.39 is 42.6 Å². The predicted octanol–water partition coefficient (Wildman–Crippen LogP) is 0.00910. The van der Waals surface area contributed by atoms with Crippen LogP contribution in [0.15, 0.2) is 24.3 Å². The summed E-state index contributed by atoms with van der Waals surface area (Å²) in [6, 6.07) is 3.87. The number of likely N-dealkylation sites (tertiary alicyclic amines) is 1. The Morgan fingerprint density at radius 1 is 1.13 bits per heavy atom. The van der Waals surface area contributed by atoms with Gasteiger partial charge in [0.15, 0.2) is 6.61 Å². The summed E-state index contributed by atoms with van der Waals surface area (Å²) in [5.41, 5.74) is -0.826. The number of alkyl halides is 3. The minimum Gasteiger partial charge on any atom is -0.484 e. The van der Waals surface area contributed by atoms with Gasteiger partial charge >= 0.3 is 6.18 Å². The van der Waals surface area contributed by atoms with Gasteiger partial charge in [-0.05, 0) is 24.3 Å². The van der Waals surface area contributed by atoms with Crippen LogP contribution in [0.3, 0.4) is 0 Å². The van der Waals surface area contributed by atoms with Gasteiger partial charge in [-0.3, -0.25) is 4.79 Å². The third-order valence-corrected chi connectivity index (χ3v) is 3.50. The number of piperidine rings is 1. The van der Waals surface area contributed by atoms with Gasteiger partial charge in [-0.25, -0.2) is 0 Å². The van der Waals surface area contributed by atoms with Crippen molar-refractivity contribution >= 4 is 5.91 Å².